The highest BCUT2D eigenvalue weighted by atomic mass is 79.9. The zero-order valence-corrected chi connectivity index (χ0v) is 11.5. The molecular formula is C13H17BrN2O. The van der Waals surface area contributed by atoms with E-state index < -0.39 is 0 Å². The molecule has 2 unspecified atom stereocenters. The highest BCUT2D eigenvalue weighted by molar-refractivity contribution is 9.10. The van der Waals surface area contributed by atoms with Crippen LogP contribution in [0.3, 0.4) is 0 Å². The number of carbonyl (C=O) groups is 1. The first-order valence-corrected chi connectivity index (χ1v) is 6.86. The van der Waals surface area contributed by atoms with Crippen molar-refractivity contribution in [1.82, 2.24) is 10.3 Å². The van der Waals surface area contributed by atoms with Gasteiger partial charge in [0, 0.05) is 12.7 Å². The van der Waals surface area contributed by atoms with Crippen molar-refractivity contribution in [3.8, 4) is 0 Å². The number of hydrogen-bond acceptors (Lipinski definition) is 2. The highest BCUT2D eigenvalue weighted by Gasteiger charge is 2.23. The first-order chi connectivity index (χ1) is 8.16. The monoisotopic (exact) mass is 296 g/mol. The van der Waals surface area contributed by atoms with E-state index in [4.69, 9.17) is 0 Å². The predicted molar refractivity (Wildman–Crippen MR) is 70.8 cm³/mol. The maximum atomic E-state index is 11.9. The number of amides is 1. The first kappa shape index (κ1) is 12.6. The summed E-state index contributed by atoms with van der Waals surface area (Å²) in [5, 5.41) is 3.00. The normalized spacial score (nSPS) is 23.6. The molecule has 1 aliphatic rings. The van der Waals surface area contributed by atoms with Gasteiger partial charge in [-0.25, -0.2) is 4.98 Å². The van der Waals surface area contributed by atoms with Gasteiger partial charge in [0.2, 0.25) is 0 Å². The van der Waals surface area contributed by atoms with Crippen LogP contribution in [0.25, 0.3) is 0 Å². The second-order valence-corrected chi connectivity index (χ2v) is 5.56. The Morgan fingerprint density at radius 3 is 2.94 bits per heavy atom. The summed E-state index contributed by atoms with van der Waals surface area (Å²) in [6, 6.07) is 3.57. The molecule has 2 rings (SSSR count). The number of hydrogen-bond donors (Lipinski definition) is 1. The Balaban J connectivity index is 1.87. The van der Waals surface area contributed by atoms with Crippen LogP contribution >= 0.6 is 15.9 Å². The molecule has 1 heterocycles. The van der Waals surface area contributed by atoms with Gasteiger partial charge in [-0.2, -0.15) is 0 Å². The van der Waals surface area contributed by atoms with E-state index in [1.54, 1.807) is 18.3 Å². The van der Waals surface area contributed by atoms with E-state index in [9.17, 15) is 4.79 Å². The number of carbonyl (C=O) groups excluding carboxylic acids is 1. The van der Waals surface area contributed by atoms with Crippen LogP contribution in [0.4, 0.5) is 0 Å². The zero-order chi connectivity index (χ0) is 12.3. The molecule has 17 heavy (non-hydrogen) atoms. The lowest BCUT2D eigenvalue weighted by molar-refractivity contribution is 0.0944. The third-order valence-electron chi connectivity index (χ3n) is 3.55. The van der Waals surface area contributed by atoms with Crippen molar-refractivity contribution < 1.29 is 4.79 Å². The summed E-state index contributed by atoms with van der Waals surface area (Å²) < 4.78 is 0.749. The number of rotatable bonds is 3. The van der Waals surface area contributed by atoms with Gasteiger partial charge in [0.25, 0.3) is 5.91 Å². The molecule has 1 amide bonds. The van der Waals surface area contributed by atoms with Crippen LogP contribution in [0, 0.1) is 11.8 Å². The van der Waals surface area contributed by atoms with Crippen molar-refractivity contribution in [2.45, 2.75) is 26.2 Å². The molecule has 0 spiro atoms. The summed E-state index contributed by atoms with van der Waals surface area (Å²) >= 11 is 3.25. The molecule has 4 heteroatoms. The third kappa shape index (κ3) is 3.28. The van der Waals surface area contributed by atoms with Crippen molar-refractivity contribution in [3.05, 3.63) is 28.5 Å². The lowest BCUT2D eigenvalue weighted by Crippen LogP contribution is -2.30. The van der Waals surface area contributed by atoms with Gasteiger partial charge in [0.05, 0.1) is 5.56 Å². The summed E-state index contributed by atoms with van der Waals surface area (Å²) in [6.45, 7) is 3.06. The number of nitrogens with one attached hydrogen (secondary N) is 1. The summed E-state index contributed by atoms with van der Waals surface area (Å²) in [6.07, 6.45) is 5.42. The van der Waals surface area contributed by atoms with Gasteiger partial charge in [0.1, 0.15) is 4.60 Å². The van der Waals surface area contributed by atoms with E-state index in [2.05, 4.69) is 33.2 Å². The molecule has 0 radical (unpaired) electrons. The van der Waals surface area contributed by atoms with E-state index in [1.807, 2.05) is 0 Å². The standard InChI is InChI=1S/C13H17BrN2O/c1-9-3-2-4-10(9)7-16-13(17)11-5-6-12(14)15-8-11/h5-6,8-10H,2-4,7H2,1H3,(H,16,17). The number of aromatic nitrogens is 1. The first-order valence-electron chi connectivity index (χ1n) is 6.06. The fourth-order valence-electron chi connectivity index (χ4n) is 2.36. The lowest BCUT2D eigenvalue weighted by Gasteiger charge is -2.15. The van der Waals surface area contributed by atoms with E-state index in [-0.39, 0.29) is 5.91 Å². The van der Waals surface area contributed by atoms with Crippen LogP contribution in [0.1, 0.15) is 36.5 Å². The Morgan fingerprint density at radius 2 is 2.35 bits per heavy atom. The quantitative estimate of drug-likeness (QED) is 0.871. The lowest BCUT2D eigenvalue weighted by atomic mass is 9.98. The van der Waals surface area contributed by atoms with E-state index in [1.165, 1.54) is 19.3 Å². The SMILES string of the molecule is CC1CCCC1CNC(=O)c1ccc(Br)nc1. The molecule has 1 aliphatic carbocycles. The van der Waals surface area contributed by atoms with Crippen molar-refractivity contribution in [3.63, 3.8) is 0 Å². The highest BCUT2D eigenvalue weighted by Crippen LogP contribution is 2.30. The molecule has 2 atom stereocenters. The molecule has 0 saturated heterocycles. The summed E-state index contributed by atoms with van der Waals surface area (Å²) in [7, 11) is 0. The van der Waals surface area contributed by atoms with Gasteiger partial charge < -0.3 is 5.32 Å². The van der Waals surface area contributed by atoms with E-state index >= 15 is 0 Å². The van der Waals surface area contributed by atoms with Gasteiger partial charge in [-0.15, -0.1) is 0 Å². The minimum atomic E-state index is -0.0240. The maximum absolute atomic E-state index is 11.9. The van der Waals surface area contributed by atoms with Crippen molar-refractivity contribution in [1.29, 1.82) is 0 Å². The zero-order valence-electron chi connectivity index (χ0n) is 9.95. The van der Waals surface area contributed by atoms with Crippen LogP contribution < -0.4 is 5.32 Å². The minimum absolute atomic E-state index is 0.0240. The smallest absolute Gasteiger partial charge is 0.252 e. The van der Waals surface area contributed by atoms with Gasteiger partial charge in [-0.05, 0) is 46.3 Å². The van der Waals surface area contributed by atoms with Crippen LogP contribution in [-0.2, 0) is 0 Å². The van der Waals surface area contributed by atoms with E-state index in [0.29, 0.717) is 11.5 Å². The molecule has 1 fully saturated rings. The van der Waals surface area contributed by atoms with Crippen LogP contribution in [0.5, 0.6) is 0 Å². The molecule has 92 valence electrons. The molecular weight excluding hydrogens is 280 g/mol. The molecule has 0 aliphatic heterocycles. The number of pyridine rings is 1. The van der Waals surface area contributed by atoms with Gasteiger partial charge in [0.15, 0.2) is 0 Å². The molecule has 0 aromatic carbocycles. The van der Waals surface area contributed by atoms with E-state index in [0.717, 1.165) is 17.1 Å². The van der Waals surface area contributed by atoms with Crippen LogP contribution in [-0.4, -0.2) is 17.4 Å². The molecule has 1 saturated carbocycles. The second kappa shape index (κ2) is 5.63. The molecule has 1 aromatic heterocycles. The summed E-state index contributed by atoms with van der Waals surface area (Å²) in [5.41, 5.74) is 0.624. The predicted octanol–water partition coefficient (Wildman–Crippen LogP) is 3.01. The average molecular weight is 297 g/mol. The van der Waals surface area contributed by atoms with Crippen LogP contribution in [0.15, 0.2) is 22.9 Å². The fourth-order valence-corrected chi connectivity index (χ4v) is 2.60. The molecule has 0 bridgehead atoms. The topological polar surface area (TPSA) is 42.0 Å². The van der Waals surface area contributed by atoms with Gasteiger partial charge in [-0.1, -0.05) is 19.8 Å². The largest absolute Gasteiger partial charge is 0.352 e. The maximum Gasteiger partial charge on any atom is 0.252 e. The van der Waals surface area contributed by atoms with Crippen molar-refractivity contribution in [2.24, 2.45) is 11.8 Å². The minimum Gasteiger partial charge on any atom is -0.352 e. The van der Waals surface area contributed by atoms with Crippen LogP contribution in [0.2, 0.25) is 0 Å². The second-order valence-electron chi connectivity index (χ2n) is 4.75. The fraction of sp³-hybridized carbons (Fsp3) is 0.538. The molecule has 1 N–H and O–H groups in total. The van der Waals surface area contributed by atoms with Crippen molar-refractivity contribution >= 4 is 21.8 Å². The van der Waals surface area contributed by atoms with Crippen molar-refractivity contribution in [2.75, 3.05) is 6.54 Å². The van der Waals surface area contributed by atoms with Gasteiger partial charge >= 0.3 is 0 Å². The third-order valence-corrected chi connectivity index (χ3v) is 4.02. The average Bonchev–Trinajstić information content (AvgIpc) is 2.73. The molecule has 1 aromatic rings. The molecule has 3 nitrogen and oxygen atoms in total. The number of halogens is 1. The Hall–Kier alpha value is -0.900. The Kier molecular flexibility index (Phi) is 4.15. The summed E-state index contributed by atoms with van der Waals surface area (Å²) in [5.74, 6) is 1.35. The Bertz CT molecular complexity index is 391. The number of nitrogens with zero attached hydrogens (tertiary/aromatic N) is 1. The van der Waals surface area contributed by atoms with Gasteiger partial charge in [-0.3, -0.25) is 4.79 Å². The summed E-state index contributed by atoms with van der Waals surface area (Å²) in [4.78, 5) is 15.9. The Labute approximate surface area is 110 Å². The Morgan fingerprint density at radius 1 is 1.53 bits per heavy atom.